The number of hydrogen-bond acceptors (Lipinski definition) is 5. The predicted molar refractivity (Wildman–Crippen MR) is 114 cm³/mol. The summed E-state index contributed by atoms with van der Waals surface area (Å²) >= 11 is 0. The van der Waals surface area contributed by atoms with E-state index in [1.807, 2.05) is 36.4 Å². The molecule has 0 radical (unpaired) electrons. The maximum atomic E-state index is 12.2. The molecule has 0 fully saturated rings. The Balaban J connectivity index is 1.46. The Labute approximate surface area is 180 Å². The highest BCUT2D eigenvalue weighted by Crippen LogP contribution is 2.44. The number of amides is 2. The molecule has 2 aromatic carbocycles. The number of carboxylic acid groups (broad SMARTS) is 1. The molecular weight excluding hydrogens is 400 g/mol. The van der Waals surface area contributed by atoms with Gasteiger partial charge in [-0.2, -0.15) is 0 Å². The van der Waals surface area contributed by atoms with Crippen LogP contribution < -0.4 is 10.6 Å². The summed E-state index contributed by atoms with van der Waals surface area (Å²) in [6, 6.07) is 15.6. The number of carboxylic acids is 1. The van der Waals surface area contributed by atoms with Crippen molar-refractivity contribution in [1.82, 2.24) is 10.6 Å². The molecule has 3 rings (SSSR count). The number of aliphatic hydroxyl groups excluding tert-OH is 1. The molecule has 0 heterocycles. The molecular formula is C23H26N2O6. The molecule has 0 aliphatic heterocycles. The Kier molecular flexibility index (Phi) is 7.25. The average molecular weight is 426 g/mol. The zero-order valence-electron chi connectivity index (χ0n) is 17.2. The molecule has 1 aliphatic rings. The van der Waals surface area contributed by atoms with Crippen LogP contribution in [0.5, 0.6) is 0 Å². The summed E-state index contributed by atoms with van der Waals surface area (Å²) in [6.07, 6.45) is -2.21. The summed E-state index contributed by atoms with van der Waals surface area (Å²) < 4.78 is 5.45. The lowest BCUT2D eigenvalue weighted by Crippen LogP contribution is -2.38. The van der Waals surface area contributed by atoms with Gasteiger partial charge in [-0.3, -0.25) is 4.79 Å². The lowest BCUT2D eigenvalue weighted by Gasteiger charge is -2.17. The van der Waals surface area contributed by atoms with Gasteiger partial charge in [0.1, 0.15) is 6.61 Å². The van der Waals surface area contributed by atoms with Gasteiger partial charge in [-0.15, -0.1) is 0 Å². The van der Waals surface area contributed by atoms with Crippen molar-refractivity contribution in [2.45, 2.75) is 37.8 Å². The number of aliphatic hydroxyl groups is 1. The summed E-state index contributed by atoms with van der Waals surface area (Å²) in [5, 5.41) is 22.9. The fraction of sp³-hybridized carbons (Fsp3) is 0.348. The van der Waals surface area contributed by atoms with Gasteiger partial charge in [-0.1, -0.05) is 48.5 Å². The lowest BCUT2D eigenvalue weighted by molar-refractivity contribution is -0.147. The van der Waals surface area contributed by atoms with Crippen LogP contribution in [-0.4, -0.2) is 53.5 Å². The fourth-order valence-electron chi connectivity index (χ4n) is 3.71. The van der Waals surface area contributed by atoms with Crippen LogP contribution >= 0.6 is 0 Å². The van der Waals surface area contributed by atoms with E-state index in [0.717, 1.165) is 22.3 Å². The van der Waals surface area contributed by atoms with Crippen molar-refractivity contribution < 1.29 is 29.3 Å². The van der Waals surface area contributed by atoms with Crippen LogP contribution in [0.25, 0.3) is 11.1 Å². The fourth-order valence-corrected chi connectivity index (χ4v) is 3.71. The number of aliphatic carboxylic acids is 1. The van der Waals surface area contributed by atoms with Crippen molar-refractivity contribution in [3.8, 4) is 11.1 Å². The molecule has 2 atom stereocenters. The van der Waals surface area contributed by atoms with E-state index in [1.54, 1.807) is 6.92 Å². The van der Waals surface area contributed by atoms with Crippen LogP contribution in [0.1, 0.15) is 36.8 Å². The molecule has 1 aliphatic carbocycles. The average Bonchev–Trinajstić information content (AvgIpc) is 3.05. The second-order valence-electron chi connectivity index (χ2n) is 7.57. The van der Waals surface area contributed by atoms with Gasteiger partial charge < -0.3 is 25.6 Å². The number of carbonyl (C=O) groups excluding carboxylic acids is 2. The third-order valence-corrected chi connectivity index (χ3v) is 5.22. The second-order valence-corrected chi connectivity index (χ2v) is 7.57. The SMILES string of the molecule is C[C@H](CC(=O)NCC[C@H](O)C(=O)O)NC(=O)OCC1c2ccccc2-c2ccccc21. The summed E-state index contributed by atoms with van der Waals surface area (Å²) in [5.41, 5.74) is 4.52. The first-order valence-electron chi connectivity index (χ1n) is 10.2. The molecule has 8 heteroatoms. The van der Waals surface area contributed by atoms with E-state index in [1.165, 1.54) is 0 Å². The Bertz CT molecular complexity index is 915. The maximum Gasteiger partial charge on any atom is 0.407 e. The van der Waals surface area contributed by atoms with Gasteiger partial charge in [0, 0.05) is 31.3 Å². The van der Waals surface area contributed by atoms with E-state index >= 15 is 0 Å². The summed E-state index contributed by atoms with van der Waals surface area (Å²) in [6.45, 7) is 1.89. The highest BCUT2D eigenvalue weighted by atomic mass is 16.5. The number of nitrogens with one attached hydrogen (secondary N) is 2. The predicted octanol–water partition coefficient (Wildman–Crippen LogP) is 2.26. The van der Waals surface area contributed by atoms with Gasteiger partial charge in [-0.25, -0.2) is 9.59 Å². The molecule has 4 N–H and O–H groups in total. The molecule has 8 nitrogen and oxygen atoms in total. The Hall–Kier alpha value is -3.39. The number of fused-ring (bicyclic) bond motifs is 3. The molecule has 0 bridgehead atoms. The highest BCUT2D eigenvalue weighted by Gasteiger charge is 2.29. The minimum atomic E-state index is -1.52. The molecule has 2 amide bonds. The second kappa shape index (κ2) is 10.1. The lowest BCUT2D eigenvalue weighted by atomic mass is 9.98. The van der Waals surface area contributed by atoms with Gasteiger partial charge in [0.05, 0.1) is 0 Å². The van der Waals surface area contributed by atoms with Crippen LogP contribution in [0.2, 0.25) is 0 Å². The number of alkyl carbamates (subject to hydrolysis) is 1. The molecule has 0 saturated carbocycles. The quantitative estimate of drug-likeness (QED) is 0.487. The Morgan fingerprint density at radius 1 is 1.03 bits per heavy atom. The summed E-state index contributed by atoms with van der Waals surface area (Å²) in [4.78, 5) is 34.7. The van der Waals surface area contributed by atoms with Crippen molar-refractivity contribution in [2.24, 2.45) is 0 Å². The van der Waals surface area contributed by atoms with Crippen LogP contribution in [0.15, 0.2) is 48.5 Å². The van der Waals surface area contributed by atoms with Gasteiger partial charge >= 0.3 is 12.1 Å². The van der Waals surface area contributed by atoms with Crippen LogP contribution in [0, 0.1) is 0 Å². The molecule has 0 aromatic heterocycles. The van der Waals surface area contributed by atoms with E-state index in [-0.39, 0.29) is 37.8 Å². The van der Waals surface area contributed by atoms with E-state index in [0.29, 0.717) is 0 Å². The molecule has 0 unspecified atom stereocenters. The van der Waals surface area contributed by atoms with Crippen molar-refractivity contribution in [1.29, 1.82) is 0 Å². The maximum absolute atomic E-state index is 12.2. The van der Waals surface area contributed by atoms with Crippen LogP contribution in [-0.2, 0) is 14.3 Å². The number of ether oxygens (including phenoxy) is 1. The zero-order chi connectivity index (χ0) is 22.4. The van der Waals surface area contributed by atoms with Gasteiger partial charge in [0.2, 0.25) is 5.91 Å². The minimum absolute atomic E-state index is 0.00730. The minimum Gasteiger partial charge on any atom is -0.479 e. The standard InChI is InChI=1S/C23H26N2O6/c1-14(12-21(27)24-11-10-20(26)22(28)29)25-23(30)31-13-19-17-8-4-2-6-15(17)16-7-3-5-9-18(16)19/h2-9,14,19-20,26H,10-13H2,1H3,(H,24,27)(H,25,30)(H,28,29)/t14-,20+/m1/s1. The van der Waals surface area contributed by atoms with Gasteiger partial charge in [0.15, 0.2) is 6.10 Å². The monoisotopic (exact) mass is 426 g/mol. The molecule has 2 aromatic rings. The molecule has 0 saturated heterocycles. The topological polar surface area (TPSA) is 125 Å². The third-order valence-electron chi connectivity index (χ3n) is 5.22. The van der Waals surface area contributed by atoms with E-state index in [9.17, 15) is 19.5 Å². The van der Waals surface area contributed by atoms with Crippen molar-refractivity contribution in [2.75, 3.05) is 13.2 Å². The van der Waals surface area contributed by atoms with Crippen LogP contribution in [0.3, 0.4) is 0 Å². The number of benzene rings is 2. The smallest absolute Gasteiger partial charge is 0.407 e. The third kappa shape index (κ3) is 5.61. The summed E-state index contributed by atoms with van der Waals surface area (Å²) in [5.74, 6) is -1.74. The van der Waals surface area contributed by atoms with Gasteiger partial charge in [0.25, 0.3) is 0 Å². The number of carbonyl (C=O) groups is 3. The van der Waals surface area contributed by atoms with Crippen molar-refractivity contribution >= 4 is 18.0 Å². The van der Waals surface area contributed by atoms with Gasteiger partial charge in [-0.05, 0) is 29.2 Å². The Morgan fingerprint density at radius 2 is 1.61 bits per heavy atom. The molecule has 164 valence electrons. The van der Waals surface area contributed by atoms with Crippen molar-refractivity contribution in [3.05, 3.63) is 59.7 Å². The highest BCUT2D eigenvalue weighted by molar-refractivity contribution is 5.79. The van der Waals surface area contributed by atoms with E-state index < -0.39 is 24.2 Å². The number of rotatable bonds is 9. The van der Waals surface area contributed by atoms with E-state index in [2.05, 4.69) is 22.8 Å². The van der Waals surface area contributed by atoms with Crippen molar-refractivity contribution in [3.63, 3.8) is 0 Å². The largest absolute Gasteiger partial charge is 0.479 e. The zero-order valence-corrected chi connectivity index (χ0v) is 17.2. The first kappa shape index (κ1) is 22.3. The first-order chi connectivity index (χ1) is 14.9. The van der Waals surface area contributed by atoms with Crippen LogP contribution in [0.4, 0.5) is 4.79 Å². The summed E-state index contributed by atoms with van der Waals surface area (Å²) in [7, 11) is 0. The Morgan fingerprint density at radius 3 is 2.19 bits per heavy atom. The number of hydrogen-bond donors (Lipinski definition) is 4. The van der Waals surface area contributed by atoms with E-state index in [4.69, 9.17) is 9.84 Å². The molecule has 0 spiro atoms. The first-order valence-corrected chi connectivity index (χ1v) is 10.2. The normalized spacial score (nSPS) is 14.1. The molecule has 31 heavy (non-hydrogen) atoms.